The smallest absolute Gasteiger partial charge is 0.211 e. The minimum atomic E-state index is 0.350. The number of allylic oxidation sites excluding steroid dienone is 2. The van der Waals surface area contributed by atoms with Gasteiger partial charge in [0.15, 0.2) is 0 Å². The summed E-state index contributed by atoms with van der Waals surface area (Å²) in [7, 11) is 1.74. The molecule has 3 N–H and O–H groups in total. The van der Waals surface area contributed by atoms with E-state index in [-0.39, 0.29) is 0 Å². The van der Waals surface area contributed by atoms with Gasteiger partial charge in [-0.3, -0.25) is 9.98 Å². The van der Waals surface area contributed by atoms with Gasteiger partial charge in [0.25, 0.3) is 0 Å². The summed E-state index contributed by atoms with van der Waals surface area (Å²) in [5.41, 5.74) is 10.5. The van der Waals surface area contributed by atoms with Gasteiger partial charge < -0.3 is 11.1 Å². The highest BCUT2D eigenvalue weighted by molar-refractivity contribution is 7.15. The van der Waals surface area contributed by atoms with E-state index in [4.69, 9.17) is 10.7 Å². The number of nitrogens with one attached hydrogen (secondary N) is 1. The summed E-state index contributed by atoms with van der Waals surface area (Å²) in [4.78, 5) is 13.4. The second-order valence-corrected chi connectivity index (χ2v) is 7.77. The Kier molecular flexibility index (Phi) is 6.30. The SMILES string of the molecule is CCCC(N)=C(C=NC)c1cnc2ccc(Nc3nnc(C(C)C)s3)nc2c1. The van der Waals surface area contributed by atoms with Crippen molar-refractivity contribution in [2.75, 3.05) is 12.4 Å². The summed E-state index contributed by atoms with van der Waals surface area (Å²) in [5, 5.41) is 13.3. The van der Waals surface area contributed by atoms with E-state index in [1.165, 1.54) is 11.3 Å². The second kappa shape index (κ2) is 8.88. The minimum absolute atomic E-state index is 0.350. The van der Waals surface area contributed by atoms with Gasteiger partial charge in [-0.1, -0.05) is 38.5 Å². The Morgan fingerprint density at radius 1 is 1.29 bits per heavy atom. The van der Waals surface area contributed by atoms with Crippen molar-refractivity contribution >= 4 is 45.1 Å². The topological polar surface area (TPSA) is 102 Å². The van der Waals surface area contributed by atoms with Crippen LogP contribution in [0.2, 0.25) is 0 Å². The summed E-state index contributed by atoms with van der Waals surface area (Å²) >= 11 is 1.53. The highest BCUT2D eigenvalue weighted by Gasteiger charge is 2.10. The van der Waals surface area contributed by atoms with Gasteiger partial charge in [-0.05, 0) is 24.6 Å². The molecule has 28 heavy (non-hydrogen) atoms. The van der Waals surface area contributed by atoms with Crippen molar-refractivity contribution in [1.82, 2.24) is 20.2 Å². The van der Waals surface area contributed by atoms with Gasteiger partial charge in [0.05, 0.1) is 11.0 Å². The fraction of sp³-hybridized carbons (Fsp3) is 0.350. The molecular formula is C20H25N7S. The Balaban J connectivity index is 1.95. The third-order valence-electron chi connectivity index (χ3n) is 4.14. The molecule has 3 aromatic rings. The summed E-state index contributed by atoms with van der Waals surface area (Å²) in [6, 6.07) is 5.82. The van der Waals surface area contributed by atoms with Crippen LogP contribution in [0.15, 0.2) is 35.1 Å². The molecule has 3 rings (SSSR count). The minimum Gasteiger partial charge on any atom is -0.401 e. The number of fused-ring (bicyclic) bond motifs is 1. The van der Waals surface area contributed by atoms with E-state index in [1.807, 2.05) is 24.4 Å². The zero-order chi connectivity index (χ0) is 20.1. The van der Waals surface area contributed by atoms with Gasteiger partial charge in [0.1, 0.15) is 10.8 Å². The van der Waals surface area contributed by atoms with Gasteiger partial charge in [-0.2, -0.15) is 0 Å². The molecule has 0 radical (unpaired) electrons. The van der Waals surface area contributed by atoms with Crippen LogP contribution in [0.5, 0.6) is 0 Å². The van der Waals surface area contributed by atoms with Crippen LogP contribution < -0.4 is 11.1 Å². The van der Waals surface area contributed by atoms with Crippen LogP contribution in [-0.2, 0) is 0 Å². The maximum absolute atomic E-state index is 6.26. The van der Waals surface area contributed by atoms with Crippen LogP contribution in [0.3, 0.4) is 0 Å². The van der Waals surface area contributed by atoms with Crippen LogP contribution in [0.1, 0.15) is 50.1 Å². The van der Waals surface area contributed by atoms with Crippen molar-refractivity contribution in [3.8, 4) is 0 Å². The molecule has 0 saturated heterocycles. The second-order valence-electron chi connectivity index (χ2n) is 6.76. The van der Waals surface area contributed by atoms with E-state index in [1.54, 1.807) is 13.3 Å². The molecule has 8 heteroatoms. The number of anilines is 2. The predicted octanol–water partition coefficient (Wildman–Crippen LogP) is 4.52. The Labute approximate surface area is 168 Å². The molecular weight excluding hydrogens is 370 g/mol. The first-order chi connectivity index (χ1) is 13.5. The third kappa shape index (κ3) is 4.51. The van der Waals surface area contributed by atoms with Crippen LogP contribution in [0.25, 0.3) is 16.6 Å². The summed E-state index contributed by atoms with van der Waals surface area (Å²) < 4.78 is 0. The van der Waals surface area contributed by atoms with Crippen molar-refractivity contribution in [1.29, 1.82) is 0 Å². The largest absolute Gasteiger partial charge is 0.401 e. The highest BCUT2D eigenvalue weighted by Crippen LogP contribution is 2.26. The summed E-state index contributed by atoms with van der Waals surface area (Å²) in [5.74, 6) is 1.05. The fourth-order valence-corrected chi connectivity index (χ4v) is 3.48. The molecule has 0 atom stereocenters. The number of hydrogen-bond donors (Lipinski definition) is 2. The zero-order valence-corrected chi connectivity index (χ0v) is 17.4. The molecule has 0 saturated carbocycles. The van der Waals surface area contributed by atoms with E-state index in [0.29, 0.717) is 11.7 Å². The molecule has 0 amide bonds. The maximum atomic E-state index is 6.26. The zero-order valence-electron chi connectivity index (χ0n) is 16.6. The summed E-state index contributed by atoms with van der Waals surface area (Å²) in [6.07, 6.45) is 5.38. The monoisotopic (exact) mass is 395 g/mol. The molecule has 0 aromatic carbocycles. The molecule has 3 aromatic heterocycles. The first-order valence-electron chi connectivity index (χ1n) is 9.30. The number of aliphatic imine (C=N–C) groups is 1. The number of rotatable bonds is 7. The standard InChI is InChI=1S/C20H25N7S/c1-5-6-15(21)14(11-22-4)13-9-17-16(23-10-13)7-8-18(24-17)25-20-27-26-19(28-20)12(2)3/h7-12H,5-6,21H2,1-4H3,(H,24,25,27). The number of nitrogens with two attached hydrogens (primary N) is 1. The number of hydrogen-bond acceptors (Lipinski definition) is 8. The molecule has 7 nitrogen and oxygen atoms in total. The van der Waals surface area contributed by atoms with E-state index < -0.39 is 0 Å². The Bertz CT molecular complexity index is 1020. The van der Waals surface area contributed by atoms with Gasteiger partial charge in [-0.25, -0.2) is 4.98 Å². The number of nitrogens with zero attached hydrogens (tertiary/aromatic N) is 5. The van der Waals surface area contributed by atoms with Gasteiger partial charge in [0.2, 0.25) is 5.13 Å². The first-order valence-corrected chi connectivity index (χ1v) is 10.1. The Hall–Kier alpha value is -2.87. The van der Waals surface area contributed by atoms with Gasteiger partial charge in [0, 0.05) is 42.2 Å². The molecule has 146 valence electrons. The van der Waals surface area contributed by atoms with Crippen LogP contribution in [0.4, 0.5) is 10.9 Å². The van der Waals surface area contributed by atoms with Gasteiger partial charge in [-0.15, -0.1) is 10.2 Å². The van der Waals surface area contributed by atoms with Crippen molar-refractivity contribution in [3.05, 3.63) is 40.7 Å². The molecule has 0 aliphatic rings. The molecule has 0 fully saturated rings. The molecule has 0 aliphatic carbocycles. The number of aromatic nitrogens is 4. The Morgan fingerprint density at radius 2 is 2.11 bits per heavy atom. The highest BCUT2D eigenvalue weighted by atomic mass is 32.1. The van der Waals surface area contributed by atoms with E-state index in [9.17, 15) is 0 Å². The fourth-order valence-electron chi connectivity index (χ4n) is 2.73. The van der Waals surface area contributed by atoms with Crippen molar-refractivity contribution in [2.45, 2.75) is 39.5 Å². The molecule has 0 unspecified atom stereocenters. The van der Waals surface area contributed by atoms with Crippen LogP contribution >= 0.6 is 11.3 Å². The van der Waals surface area contributed by atoms with Crippen LogP contribution in [0, 0.1) is 0 Å². The lowest BCUT2D eigenvalue weighted by atomic mass is 10.0. The quantitative estimate of drug-likeness (QED) is 0.570. The van der Waals surface area contributed by atoms with Crippen molar-refractivity contribution < 1.29 is 0 Å². The van der Waals surface area contributed by atoms with E-state index >= 15 is 0 Å². The lowest BCUT2D eigenvalue weighted by Gasteiger charge is -2.09. The average Bonchev–Trinajstić information content (AvgIpc) is 3.14. The third-order valence-corrected chi connectivity index (χ3v) is 5.28. The molecule has 0 spiro atoms. The lowest BCUT2D eigenvalue weighted by molar-refractivity contribution is 0.825. The van der Waals surface area contributed by atoms with E-state index in [0.717, 1.165) is 50.8 Å². The maximum Gasteiger partial charge on any atom is 0.211 e. The molecule has 0 bridgehead atoms. The van der Waals surface area contributed by atoms with Crippen LogP contribution in [-0.4, -0.2) is 33.4 Å². The summed E-state index contributed by atoms with van der Waals surface area (Å²) in [6.45, 7) is 6.30. The van der Waals surface area contributed by atoms with E-state index in [2.05, 4.69) is 46.3 Å². The number of pyridine rings is 2. The average molecular weight is 396 g/mol. The molecule has 0 aliphatic heterocycles. The van der Waals surface area contributed by atoms with Crippen molar-refractivity contribution in [2.24, 2.45) is 10.7 Å². The normalized spacial score (nSPS) is 12.8. The Morgan fingerprint density at radius 3 is 2.79 bits per heavy atom. The first kappa shape index (κ1) is 19.9. The predicted molar refractivity (Wildman–Crippen MR) is 117 cm³/mol. The molecule has 3 heterocycles. The van der Waals surface area contributed by atoms with Gasteiger partial charge >= 0.3 is 0 Å². The van der Waals surface area contributed by atoms with Crippen molar-refractivity contribution in [3.63, 3.8) is 0 Å². The lowest BCUT2D eigenvalue weighted by Crippen LogP contribution is -2.04.